The molecule has 0 saturated heterocycles. The van der Waals surface area contributed by atoms with E-state index >= 15 is 0 Å². The van der Waals surface area contributed by atoms with Crippen LogP contribution < -0.4 is 10.2 Å². The van der Waals surface area contributed by atoms with Gasteiger partial charge in [-0.3, -0.25) is 14.5 Å². The van der Waals surface area contributed by atoms with Crippen molar-refractivity contribution >= 4 is 36.1 Å². The first-order valence-corrected chi connectivity index (χ1v) is 8.25. The van der Waals surface area contributed by atoms with Crippen LogP contribution in [0.2, 0.25) is 0 Å². The number of anilines is 1. The number of esters is 1. The van der Waals surface area contributed by atoms with Crippen molar-refractivity contribution in [1.29, 1.82) is 0 Å². The molecule has 0 fully saturated rings. The average molecular weight is 370 g/mol. The number of phenolic OH excluding ortho intramolecular Hbond substituents is 2. The molecule has 0 saturated carbocycles. The zero-order chi connectivity index (χ0) is 19.1. The van der Waals surface area contributed by atoms with Gasteiger partial charge in [-0.1, -0.05) is 0 Å². The molecule has 0 heterocycles. The van der Waals surface area contributed by atoms with Crippen molar-refractivity contribution in [2.24, 2.45) is 0 Å². The van der Waals surface area contributed by atoms with E-state index in [4.69, 9.17) is 4.74 Å². The van der Waals surface area contributed by atoms with Gasteiger partial charge in [-0.15, -0.1) is 0 Å². The minimum atomic E-state index is -1.07. The van der Waals surface area contributed by atoms with E-state index in [1.165, 1.54) is 26.0 Å². The van der Waals surface area contributed by atoms with Crippen LogP contribution in [0.25, 0.3) is 0 Å². The zero-order valence-corrected chi connectivity index (χ0v) is 15.1. The number of nitrogens with zero attached hydrogens (tertiary/aromatic N) is 1. The predicted molar refractivity (Wildman–Crippen MR) is 94.8 cm³/mol. The molecular formula is C16H22N2O6S. The number of ether oxygens (including phenoxy) is 1. The molecule has 0 aliphatic heterocycles. The molecule has 2 amide bonds. The van der Waals surface area contributed by atoms with E-state index < -0.39 is 35.6 Å². The molecule has 1 aromatic rings. The Balaban J connectivity index is 3.33. The van der Waals surface area contributed by atoms with Crippen molar-refractivity contribution in [3.05, 3.63) is 18.2 Å². The standard InChI is InChI=1S/C16H22N2O6S/c1-4-24-16(23)12(8-25)18(15(22)9(2)17-10(3)19)11-5-6-13(20)14(21)7-11/h5-7,9,12,20-21,25H,4,8H2,1-3H3,(H,17,19)/t9-,12-/m0/s1. The maximum Gasteiger partial charge on any atom is 0.330 e. The van der Waals surface area contributed by atoms with Crippen molar-refractivity contribution in [1.82, 2.24) is 5.32 Å². The highest BCUT2D eigenvalue weighted by atomic mass is 32.1. The van der Waals surface area contributed by atoms with Gasteiger partial charge in [0.05, 0.1) is 6.61 Å². The summed E-state index contributed by atoms with van der Waals surface area (Å²) in [7, 11) is 0. The Kier molecular flexibility index (Phi) is 7.56. The van der Waals surface area contributed by atoms with Crippen LogP contribution in [0.1, 0.15) is 20.8 Å². The minimum Gasteiger partial charge on any atom is -0.504 e. The molecule has 0 aliphatic rings. The van der Waals surface area contributed by atoms with E-state index in [1.54, 1.807) is 6.92 Å². The van der Waals surface area contributed by atoms with Crippen molar-refractivity contribution in [2.75, 3.05) is 17.3 Å². The number of carbonyl (C=O) groups excluding carboxylic acids is 3. The number of phenols is 2. The lowest BCUT2D eigenvalue weighted by Crippen LogP contribution is -2.54. The van der Waals surface area contributed by atoms with Crippen LogP contribution in [0.5, 0.6) is 11.5 Å². The fraction of sp³-hybridized carbons (Fsp3) is 0.438. The van der Waals surface area contributed by atoms with Crippen LogP contribution in [-0.4, -0.2) is 52.4 Å². The Morgan fingerprint density at radius 3 is 2.40 bits per heavy atom. The van der Waals surface area contributed by atoms with Crippen LogP contribution in [0.3, 0.4) is 0 Å². The largest absolute Gasteiger partial charge is 0.504 e. The topological polar surface area (TPSA) is 116 Å². The molecule has 2 atom stereocenters. The summed E-state index contributed by atoms with van der Waals surface area (Å²) in [6, 6.07) is 1.70. The third-order valence-electron chi connectivity index (χ3n) is 3.31. The molecule has 0 aromatic heterocycles. The van der Waals surface area contributed by atoms with Gasteiger partial charge in [0.15, 0.2) is 11.5 Å². The van der Waals surface area contributed by atoms with Gasteiger partial charge in [0.1, 0.15) is 12.1 Å². The van der Waals surface area contributed by atoms with Crippen LogP contribution in [0, 0.1) is 0 Å². The Bertz CT molecular complexity index is 652. The van der Waals surface area contributed by atoms with E-state index in [0.717, 1.165) is 11.0 Å². The second kappa shape index (κ2) is 9.16. The van der Waals surface area contributed by atoms with E-state index in [0.29, 0.717) is 0 Å². The van der Waals surface area contributed by atoms with Gasteiger partial charge in [-0.25, -0.2) is 4.79 Å². The molecule has 9 heteroatoms. The number of thiol groups is 1. The number of hydrogen-bond donors (Lipinski definition) is 4. The molecule has 8 nitrogen and oxygen atoms in total. The highest BCUT2D eigenvalue weighted by Crippen LogP contribution is 2.31. The quantitative estimate of drug-likeness (QED) is 0.321. The summed E-state index contributed by atoms with van der Waals surface area (Å²) in [4.78, 5) is 37.4. The van der Waals surface area contributed by atoms with Gasteiger partial charge >= 0.3 is 5.97 Å². The Morgan fingerprint density at radius 2 is 1.92 bits per heavy atom. The fourth-order valence-corrected chi connectivity index (χ4v) is 2.51. The summed E-state index contributed by atoms with van der Waals surface area (Å²) < 4.78 is 4.98. The highest BCUT2D eigenvalue weighted by molar-refractivity contribution is 7.80. The van der Waals surface area contributed by atoms with Crippen LogP contribution >= 0.6 is 12.6 Å². The summed E-state index contributed by atoms with van der Waals surface area (Å²) in [5.41, 5.74) is 0.157. The summed E-state index contributed by atoms with van der Waals surface area (Å²) in [5.74, 6) is -2.54. The second-order valence-corrected chi connectivity index (χ2v) is 5.62. The summed E-state index contributed by atoms with van der Waals surface area (Å²) in [6.45, 7) is 4.48. The first kappa shape index (κ1) is 20.6. The highest BCUT2D eigenvalue weighted by Gasteiger charge is 2.34. The summed E-state index contributed by atoms with van der Waals surface area (Å²) >= 11 is 4.12. The summed E-state index contributed by atoms with van der Waals surface area (Å²) in [5, 5.41) is 21.6. The molecule has 1 rings (SSSR count). The number of hydrogen-bond acceptors (Lipinski definition) is 7. The lowest BCUT2D eigenvalue weighted by molar-refractivity contribution is -0.145. The normalized spacial score (nSPS) is 12.8. The van der Waals surface area contributed by atoms with E-state index in [1.807, 2.05) is 0 Å². The van der Waals surface area contributed by atoms with Gasteiger partial charge in [0.2, 0.25) is 11.8 Å². The SMILES string of the molecule is CCOC(=O)[C@H](CS)N(C(=O)[C@H](C)NC(C)=O)c1ccc(O)c(O)c1. The van der Waals surface area contributed by atoms with Gasteiger partial charge in [-0.2, -0.15) is 12.6 Å². The van der Waals surface area contributed by atoms with Gasteiger partial charge in [-0.05, 0) is 26.0 Å². The molecule has 25 heavy (non-hydrogen) atoms. The monoisotopic (exact) mass is 370 g/mol. The molecule has 138 valence electrons. The van der Waals surface area contributed by atoms with Crippen LogP contribution in [-0.2, 0) is 19.1 Å². The van der Waals surface area contributed by atoms with Crippen LogP contribution in [0.15, 0.2) is 18.2 Å². The third-order valence-corrected chi connectivity index (χ3v) is 3.65. The number of nitrogens with one attached hydrogen (secondary N) is 1. The maximum absolute atomic E-state index is 12.8. The lowest BCUT2D eigenvalue weighted by Gasteiger charge is -2.31. The van der Waals surface area contributed by atoms with Gasteiger partial charge in [0, 0.05) is 24.4 Å². The molecule has 0 radical (unpaired) electrons. The number of amides is 2. The minimum absolute atomic E-state index is 0.0427. The summed E-state index contributed by atoms with van der Waals surface area (Å²) in [6.07, 6.45) is 0. The predicted octanol–water partition coefficient (Wildman–Crippen LogP) is 0.817. The second-order valence-electron chi connectivity index (χ2n) is 5.25. The molecule has 3 N–H and O–H groups in total. The molecule has 0 spiro atoms. The Morgan fingerprint density at radius 1 is 1.28 bits per heavy atom. The van der Waals surface area contributed by atoms with E-state index in [-0.39, 0.29) is 23.8 Å². The Labute approximate surface area is 151 Å². The molecule has 1 aromatic carbocycles. The van der Waals surface area contributed by atoms with Crippen LogP contribution in [0.4, 0.5) is 5.69 Å². The van der Waals surface area contributed by atoms with E-state index in [2.05, 4.69) is 17.9 Å². The number of carbonyl (C=O) groups is 3. The molecule has 0 aliphatic carbocycles. The number of rotatable bonds is 7. The lowest BCUT2D eigenvalue weighted by atomic mass is 10.1. The van der Waals surface area contributed by atoms with Gasteiger partial charge in [0.25, 0.3) is 0 Å². The maximum atomic E-state index is 12.8. The third kappa shape index (κ3) is 5.28. The number of benzene rings is 1. The zero-order valence-electron chi connectivity index (χ0n) is 14.2. The van der Waals surface area contributed by atoms with Crippen molar-refractivity contribution < 1.29 is 29.3 Å². The van der Waals surface area contributed by atoms with Crippen molar-refractivity contribution in [3.63, 3.8) is 0 Å². The van der Waals surface area contributed by atoms with Crippen molar-refractivity contribution in [2.45, 2.75) is 32.9 Å². The Hall–Kier alpha value is -2.42. The molecular weight excluding hydrogens is 348 g/mol. The average Bonchev–Trinajstić information content (AvgIpc) is 2.54. The van der Waals surface area contributed by atoms with Gasteiger partial charge < -0.3 is 20.3 Å². The van der Waals surface area contributed by atoms with Crippen molar-refractivity contribution in [3.8, 4) is 11.5 Å². The number of aromatic hydroxyl groups is 2. The fourth-order valence-electron chi connectivity index (χ4n) is 2.20. The van der Waals surface area contributed by atoms with E-state index in [9.17, 15) is 24.6 Å². The first-order chi connectivity index (χ1) is 11.7. The first-order valence-electron chi connectivity index (χ1n) is 7.62. The smallest absolute Gasteiger partial charge is 0.330 e. The molecule has 0 unspecified atom stereocenters. The molecule has 0 bridgehead atoms.